The highest BCUT2D eigenvalue weighted by Crippen LogP contribution is 2.34. The predicted octanol–water partition coefficient (Wildman–Crippen LogP) is 2.99. The van der Waals surface area contributed by atoms with Crippen LogP contribution in [0.2, 0.25) is 0 Å². The normalized spacial score (nSPS) is 16.2. The molecule has 2 aromatic heterocycles. The van der Waals surface area contributed by atoms with Crippen LogP contribution in [0.15, 0.2) is 4.52 Å². The summed E-state index contributed by atoms with van der Waals surface area (Å²) in [5, 5.41) is 7.62. The van der Waals surface area contributed by atoms with Crippen LogP contribution in [0.5, 0.6) is 0 Å². The Hall–Kier alpha value is -1.90. The third kappa shape index (κ3) is 3.45. The lowest BCUT2D eigenvalue weighted by Gasteiger charge is -2.14. The van der Waals surface area contributed by atoms with Crippen molar-refractivity contribution in [1.29, 1.82) is 0 Å². The van der Waals surface area contributed by atoms with Gasteiger partial charge in [0, 0.05) is 24.1 Å². The van der Waals surface area contributed by atoms with E-state index in [1.165, 1.54) is 4.68 Å². The summed E-state index contributed by atoms with van der Waals surface area (Å²) in [4.78, 5) is 4.26. The molecule has 1 aliphatic heterocycles. The SMILES string of the molecule is CCC(C)Cc1noc(Cn2nc(C(F)(F)F)c3c2CCOC3)n1. The van der Waals surface area contributed by atoms with E-state index >= 15 is 0 Å². The predicted molar refractivity (Wildman–Crippen MR) is 77.1 cm³/mol. The third-order valence-electron chi connectivity index (χ3n) is 4.19. The Balaban J connectivity index is 1.84. The van der Waals surface area contributed by atoms with Crippen LogP contribution in [-0.4, -0.2) is 26.5 Å². The zero-order valence-electron chi connectivity index (χ0n) is 13.6. The quantitative estimate of drug-likeness (QED) is 0.834. The van der Waals surface area contributed by atoms with Gasteiger partial charge in [0.25, 0.3) is 0 Å². The molecule has 0 aromatic carbocycles. The minimum Gasteiger partial charge on any atom is -0.376 e. The van der Waals surface area contributed by atoms with Crippen LogP contribution in [0.1, 0.15) is 48.9 Å². The lowest BCUT2D eigenvalue weighted by Crippen LogP contribution is -2.15. The summed E-state index contributed by atoms with van der Waals surface area (Å²) in [6.45, 7) is 4.48. The van der Waals surface area contributed by atoms with Crippen molar-refractivity contribution in [2.75, 3.05) is 6.61 Å². The van der Waals surface area contributed by atoms with Gasteiger partial charge in [-0.05, 0) is 5.92 Å². The van der Waals surface area contributed by atoms with E-state index in [4.69, 9.17) is 9.26 Å². The standard InChI is InChI=1S/C15H19F3N4O2/c1-3-9(2)6-12-19-13(24-21-12)7-22-11-4-5-23-8-10(11)14(20-22)15(16,17)18/h9H,3-8H2,1-2H3. The van der Waals surface area contributed by atoms with Crippen LogP contribution in [0, 0.1) is 5.92 Å². The van der Waals surface area contributed by atoms with Crippen LogP contribution in [0.3, 0.4) is 0 Å². The fourth-order valence-electron chi connectivity index (χ4n) is 2.69. The second kappa shape index (κ2) is 6.54. The average molecular weight is 344 g/mol. The topological polar surface area (TPSA) is 66.0 Å². The summed E-state index contributed by atoms with van der Waals surface area (Å²) in [7, 11) is 0. The molecule has 0 fully saturated rings. The first-order valence-electron chi connectivity index (χ1n) is 7.93. The summed E-state index contributed by atoms with van der Waals surface area (Å²) in [6, 6.07) is 0. The van der Waals surface area contributed by atoms with Gasteiger partial charge < -0.3 is 9.26 Å². The molecule has 24 heavy (non-hydrogen) atoms. The zero-order valence-corrected chi connectivity index (χ0v) is 13.6. The molecule has 0 spiro atoms. The first-order chi connectivity index (χ1) is 11.4. The van der Waals surface area contributed by atoms with Crippen molar-refractivity contribution >= 4 is 0 Å². The fraction of sp³-hybridized carbons (Fsp3) is 0.667. The molecule has 0 aliphatic carbocycles. The van der Waals surface area contributed by atoms with Crippen molar-refractivity contribution in [1.82, 2.24) is 19.9 Å². The molecule has 132 valence electrons. The number of halogens is 3. The maximum atomic E-state index is 13.1. The number of ether oxygens (including phenoxy) is 1. The maximum absolute atomic E-state index is 13.1. The van der Waals surface area contributed by atoms with Crippen LogP contribution in [-0.2, 0) is 36.9 Å². The molecule has 0 N–H and O–H groups in total. The van der Waals surface area contributed by atoms with Crippen LogP contribution in [0.25, 0.3) is 0 Å². The fourth-order valence-corrected chi connectivity index (χ4v) is 2.69. The number of hydrogen-bond acceptors (Lipinski definition) is 5. The number of hydrogen-bond donors (Lipinski definition) is 0. The summed E-state index contributed by atoms with van der Waals surface area (Å²) in [5.74, 6) is 1.25. The van der Waals surface area contributed by atoms with Crippen LogP contribution < -0.4 is 0 Å². The van der Waals surface area contributed by atoms with Crippen LogP contribution in [0.4, 0.5) is 13.2 Å². The van der Waals surface area contributed by atoms with Gasteiger partial charge in [0.1, 0.15) is 6.54 Å². The van der Waals surface area contributed by atoms with E-state index in [0.29, 0.717) is 36.9 Å². The molecule has 6 nitrogen and oxygen atoms in total. The van der Waals surface area contributed by atoms with Gasteiger partial charge in [-0.2, -0.15) is 23.3 Å². The highest BCUT2D eigenvalue weighted by Gasteiger charge is 2.40. The average Bonchev–Trinajstić information content (AvgIpc) is 3.12. The largest absolute Gasteiger partial charge is 0.435 e. The molecule has 9 heteroatoms. The molecule has 1 aliphatic rings. The van der Waals surface area contributed by atoms with E-state index in [9.17, 15) is 13.2 Å². The molecule has 0 radical (unpaired) electrons. The van der Waals surface area contributed by atoms with Crippen molar-refractivity contribution in [3.05, 3.63) is 28.7 Å². The highest BCUT2D eigenvalue weighted by atomic mass is 19.4. The lowest BCUT2D eigenvalue weighted by atomic mass is 10.1. The van der Waals surface area contributed by atoms with Crippen molar-refractivity contribution in [3.8, 4) is 0 Å². The van der Waals surface area contributed by atoms with E-state index in [1.54, 1.807) is 0 Å². The molecule has 1 atom stereocenters. The highest BCUT2D eigenvalue weighted by molar-refractivity contribution is 5.29. The Bertz CT molecular complexity index is 708. The van der Waals surface area contributed by atoms with E-state index in [1.807, 2.05) is 0 Å². The van der Waals surface area contributed by atoms with E-state index in [0.717, 1.165) is 6.42 Å². The summed E-state index contributed by atoms with van der Waals surface area (Å²) in [6.07, 6.45) is -2.46. The molecular formula is C15H19F3N4O2. The second-order valence-corrected chi connectivity index (χ2v) is 6.05. The monoisotopic (exact) mass is 344 g/mol. The second-order valence-electron chi connectivity index (χ2n) is 6.05. The van der Waals surface area contributed by atoms with Gasteiger partial charge in [-0.25, -0.2) is 0 Å². The smallest absolute Gasteiger partial charge is 0.376 e. The number of alkyl halides is 3. The summed E-state index contributed by atoms with van der Waals surface area (Å²) >= 11 is 0. The lowest BCUT2D eigenvalue weighted by molar-refractivity contribution is -0.142. The van der Waals surface area contributed by atoms with Crippen molar-refractivity contribution in [3.63, 3.8) is 0 Å². The molecule has 1 unspecified atom stereocenters. The van der Waals surface area contributed by atoms with Gasteiger partial charge in [0.05, 0.1) is 13.2 Å². The Morgan fingerprint density at radius 1 is 1.33 bits per heavy atom. The Morgan fingerprint density at radius 3 is 2.83 bits per heavy atom. The van der Waals surface area contributed by atoms with Crippen molar-refractivity contribution in [2.24, 2.45) is 5.92 Å². The Labute approximate surface area is 137 Å². The van der Waals surface area contributed by atoms with E-state index < -0.39 is 11.9 Å². The molecule has 3 rings (SSSR count). The van der Waals surface area contributed by atoms with Gasteiger partial charge in [0.2, 0.25) is 5.89 Å². The molecular weight excluding hydrogens is 325 g/mol. The molecule has 2 aromatic rings. The minimum atomic E-state index is -4.51. The zero-order chi connectivity index (χ0) is 17.3. The van der Waals surface area contributed by atoms with Crippen LogP contribution >= 0.6 is 0 Å². The maximum Gasteiger partial charge on any atom is 0.435 e. The molecule has 0 saturated heterocycles. The van der Waals surface area contributed by atoms with Gasteiger partial charge in [0.15, 0.2) is 11.5 Å². The Morgan fingerprint density at radius 2 is 2.12 bits per heavy atom. The Kier molecular flexibility index (Phi) is 4.62. The number of aromatic nitrogens is 4. The van der Waals surface area contributed by atoms with E-state index in [-0.39, 0.29) is 24.6 Å². The summed E-state index contributed by atoms with van der Waals surface area (Å²) in [5.41, 5.74) is -0.264. The minimum absolute atomic E-state index is 0.0337. The third-order valence-corrected chi connectivity index (χ3v) is 4.19. The number of fused-ring (bicyclic) bond motifs is 1. The first kappa shape index (κ1) is 16.9. The van der Waals surface area contributed by atoms with Gasteiger partial charge in [-0.15, -0.1) is 0 Å². The van der Waals surface area contributed by atoms with E-state index in [2.05, 4.69) is 29.1 Å². The van der Waals surface area contributed by atoms with Crippen molar-refractivity contribution < 1.29 is 22.4 Å². The molecule has 0 saturated carbocycles. The number of nitrogens with zero attached hydrogens (tertiary/aromatic N) is 4. The van der Waals surface area contributed by atoms with Crippen molar-refractivity contribution in [2.45, 2.75) is 52.4 Å². The van der Waals surface area contributed by atoms with Gasteiger partial charge >= 0.3 is 6.18 Å². The van der Waals surface area contributed by atoms with Gasteiger partial charge in [-0.3, -0.25) is 4.68 Å². The molecule has 0 amide bonds. The molecule has 0 bridgehead atoms. The molecule has 3 heterocycles. The number of rotatable bonds is 5. The van der Waals surface area contributed by atoms with Gasteiger partial charge in [-0.1, -0.05) is 25.4 Å². The summed E-state index contributed by atoms with van der Waals surface area (Å²) < 4.78 is 51.0. The first-order valence-corrected chi connectivity index (χ1v) is 7.93.